The number of nitrogens with one attached hydrogen (secondary N) is 1. The molecule has 152 valence electrons. The number of hydrogen-bond acceptors (Lipinski definition) is 4. The van der Waals surface area contributed by atoms with E-state index in [4.69, 9.17) is 32.5 Å². The third-order valence-electron chi connectivity index (χ3n) is 4.58. The summed E-state index contributed by atoms with van der Waals surface area (Å²) < 4.78 is 10.9. The maximum absolute atomic E-state index is 12.2. The molecule has 0 saturated heterocycles. The van der Waals surface area contributed by atoms with E-state index in [2.05, 4.69) is 10.5 Å². The number of rotatable bonds is 8. The molecule has 0 fully saturated rings. The molecule has 0 spiro atoms. The monoisotopic (exact) mass is 432 g/mol. The van der Waals surface area contributed by atoms with E-state index >= 15 is 0 Å². The molecule has 0 unspecified atom stereocenters. The minimum absolute atomic E-state index is 0.0422. The summed E-state index contributed by atoms with van der Waals surface area (Å²) in [5, 5.41) is 8.04. The molecule has 0 atom stereocenters. The number of ether oxygens (including phenoxy) is 1. The van der Waals surface area contributed by atoms with E-state index in [1.807, 2.05) is 44.2 Å². The van der Waals surface area contributed by atoms with E-state index in [0.29, 0.717) is 36.0 Å². The van der Waals surface area contributed by atoms with Crippen molar-refractivity contribution in [3.8, 4) is 5.75 Å². The summed E-state index contributed by atoms with van der Waals surface area (Å²) in [5.41, 5.74) is 3.65. The van der Waals surface area contributed by atoms with Crippen molar-refractivity contribution in [3.05, 3.63) is 80.7 Å². The van der Waals surface area contributed by atoms with Crippen LogP contribution in [0.1, 0.15) is 28.1 Å². The van der Waals surface area contributed by atoms with Gasteiger partial charge in [-0.15, -0.1) is 0 Å². The molecule has 3 rings (SSSR count). The number of aryl methyl sites for hydroxylation is 2. The molecule has 3 aromatic rings. The smallest absolute Gasteiger partial charge is 0.224 e. The van der Waals surface area contributed by atoms with Crippen LogP contribution in [0.4, 0.5) is 0 Å². The lowest BCUT2D eigenvalue weighted by atomic mass is 10.1. The average molecular weight is 433 g/mol. The fraction of sp³-hybridized carbons (Fsp3) is 0.273. The molecule has 1 aromatic heterocycles. The van der Waals surface area contributed by atoms with Gasteiger partial charge < -0.3 is 14.6 Å². The predicted molar refractivity (Wildman–Crippen MR) is 114 cm³/mol. The lowest BCUT2D eigenvalue weighted by Crippen LogP contribution is -2.27. The summed E-state index contributed by atoms with van der Waals surface area (Å²) in [4.78, 5) is 12.2. The van der Waals surface area contributed by atoms with E-state index in [9.17, 15) is 4.79 Å². The zero-order chi connectivity index (χ0) is 20.8. The first-order chi connectivity index (χ1) is 13.9. The number of amides is 1. The van der Waals surface area contributed by atoms with Gasteiger partial charge in [0.25, 0.3) is 0 Å². The van der Waals surface area contributed by atoms with Crippen molar-refractivity contribution in [2.24, 2.45) is 0 Å². The molecule has 0 aliphatic rings. The van der Waals surface area contributed by atoms with Gasteiger partial charge >= 0.3 is 0 Å². The first kappa shape index (κ1) is 21.2. The molecule has 0 aliphatic heterocycles. The number of carbonyl (C=O) groups excluding carboxylic acids is 1. The number of hydrogen-bond donors (Lipinski definition) is 1. The highest BCUT2D eigenvalue weighted by Gasteiger charge is 2.10. The van der Waals surface area contributed by atoms with Crippen LogP contribution in [0.2, 0.25) is 10.0 Å². The van der Waals surface area contributed by atoms with Gasteiger partial charge in [-0.1, -0.05) is 46.6 Å². The maximum Gasteiger partial charge on any atom is 0.224 e. The summed E-state index contributed by atoms with van der Waals surface area (Å²) in [7, 11) is 0. The molecule has 2 aromatic carbocycles. The Hall–Kier alpha value is -2.50. The second-order valence-electron chi connectivity index (χ2n) is 6.75. The van der Waals surface area contributed by atoms with Crippen molar-refractivity contribution in [3.63, 3.8) is 0 Å². The first-order valence-corrected chi connectivity index (χ1v) is 10.0. The molecule has 0 saturated carbocycles. The zero-order valence-electron chi connectivity index (χ0n) is 16.3. The molecule has 0 aliphatic carbocycles. The third kappa shape index (κ3) is 5.99. The fourth-order valence-electron chi connectivity index (χ4n) is 2.88. The Balaban J connectivity index is 1.44. The lowest BCUT2D eigenvalue weighted by Gasteiger charge is -2.09. The van der Waals surface area contributed by atoms with Crippen molar-refractivity contribution in [1.29, 1.82) is 0 Å². The van der Waals surface area contributed by atoms with E-state index < -0.39 is 0 Å². The molecular formula is C22H22Cl2N2O3. The zero-order valence-corrected chi connectivity index (χ0v) is 17.8. The minimum Gasteiger partial charge on any atom is -0.489 e. The molecular weight excluding hydrogens is 411 g/mol. The van der Waals surface area contributed by atoms with Crippen molar-refractivity contribution < 1.29 is 14.1 Å². The maximum atomic E-state index is 12.2. The predicted octanol–water partition coefficient (Wildman–Crippen LogP) is 5.08. The minimum atomic E-state index is -0.0422. The second kappa shape index (κ2) is 9.81. The summed E-state index contributed by atoms with van der Waals surface area (Å²) >= 11 is 12.0. The van der Waals surface area contributed by atoms with Crippen LogP contribution >= 0.6 is 23.2 Å². The van der Waals surface area contributed by atoms with E-state index in [1.165, 1.54) is 0 Å². The molecule has 0 bridgehead atoms. The molecule has 1 amide bonds. The topological polar surface area (TPSA) is 64.4 Å². The quantitative estimate of drug-likeness (QED) is 0.538. The van der Waals surface area contributed by atoms with Gasteiger partial charge in [-0.3, -0.25) is 4.79 Å². The van der Waals surface area contributed by atoms with Gasteiger partial charge in [0, 0.05) is 16.6 Å². The fourth-order valence-corrected chi connectivity index (χ4v) is 3.38. The Morgan fingerprint density at radius 1 is 1.14 bits per heavy atom. The van der Waals surface area contributed by atoms with Gasteiger partial charge in [0.2, 0.25) is 5.91 Å². The Labute approximate surface area is 179 Å². The van der Waals surface area contributed by atoms with Crippen molar-refractivity contribution in [1.82, 2.24) is 10.5 Å². The normalized spacial score (nSPS) is 10.8. The van der Waals surface area contributed by atoms with Gasteiger partial charge in [-0.2, -0.15) is 0 Å². The Bertz CT molecular complexity index is 965. The van der Waals surface area contributed by atoms with Crippen molar-refractivity contribution in [2.45, 2.75) is 33.3 Å². The Kier molecular flexibility index (Phi) is 7.18. The number of aromatic nitrogens is 1. The van der Waals surface area contributed by atoms with Crippen LogP contribution in [0.3, 0.4) is 0 Å². The summed E-state index contributed by atoms with van der Waals surface area (Å²) in [5.74, 6) is 1.45. The summed E-state index contributed by atoms with van der Waals surface area (Å²) in [6.45, 7) is 4.66. The Morgan fingerprint density at radius 2 is 1.90 bits per heavy atom. The highest BCUT2D eigenvalue weighted by atomic mass is 35.5. The summed E-state index contributed by atoms with van der Waals surface area (Å²) in [6, 6.07) is 12.9. The standard InChI is InChI=1S/C22H22Cl2N2O3/c1-14-20(15(2)29-26-14)13-28-19-7-3-16(4-8-19)11-22(27)25-10-9-17-5-6-18(23)12-21(17)24/h3-8,12H,9-11,13H2,1-2H3,(H,25,27). The van der Waals surface area contributed by atoms with Crippen LogP contribution in [0.5, 0.6) is 5.75 Å². The number of benzene rings is 2. The largest absolute Gasteiger partial charge is 0.489 e. The van der Waals surface area contributed by atoms with Crippen LogP contribution in [0.25, 0.3) is 0 Å². The SMILES string of the molecule is Cc1noc(C)c1COc1ccc(CC(=O)NCCc2ccc(Cl)cc2Cl)cc1. The highest BCUT2D eigenvalue weighted by molar-refractivity contribution is 6.35. The molecule has 5 nitrogen and oxygen atoms in total. The van der Waals surface area contributed by atoms with Gasteiger partial charge in [0.05, 0.1) is 17.7 Å². The van der Waals surface area contributed by atoms with Crippen LogP contribution < -0.4 is 10.1 Å². The number of halogens is 2. The highest BCUT2D eigenvalue weighted by Crippen LogP contribution is 2.21. The number of carbonyl (C=O) groups is 1. The molecule has 7 heteroatoms. The van der Waals surface area contributed by atoms with Crippen LogP contribution in [0.15, 0.2) is 47.0 Å². The number of nitrogens with zero attached hydrogens (tertiary/aromatic N) is 1. The van der Waals surface area contributed by atoms with Crippen LogP contribution in [-0.2, 0) is 24.2 Å². The van der Waals surface area contributed by atoms with Crippen molar-refractivity contribution >= 4 is 29.1 Å². The van der Waals surface area contributed by atoms with Crippen molar-refractivity contribution in [2.75, 3.05) is 6.54 Å². The molecule has 1 heterocycles. The van der Waals surface area contributed by atoms with E-state index in [0.717, 1.165) is 33.9 Å². The second-order valence-corrected chi connectivity index (χ2v) is 7.59. The first-order valence-electron chi connectivity index (χ1n) is 9.26. The Morgan fingerprint density at radius 3 is 2.55 bits per heavy atom. The van der Waals surface area contributed by atoms with Crippen LogP contribution in [0, 0.1) is 13.8 Å². The van der Waals surface area contributed by atoms with Gasteiger partial charge in [-0.25, -0.2) is 0 Å². The van der Waals surface area contributed by atoms with E-state index in [1.54, 1.807) is 12.1 Å². The van der Waals surface area contributed by atoms with Gasteiger partial charge in [-0.05, 0) is 55.7 Å². The summed E-state index contributed by atoms with van der Waals surface area (Å²) in [6.07, 6.45) is 0.953. The molecule has 1 N–H and O–H groups in total. The van der Waals surface area contributed by atoms with Gasteiger partial charge in [0.15, 0.2) is 0 Å². The lowest BCUT2D eigenvalue weighted by molar-refractivity contribution is -0.120. The molecule has 29 heavy (non-hydrogen) atoms. The average Bonchev–Trinajstić information content (AvgIpc) is 3.01. The van der Waals surface area contributed by atoms with Gasteiger partial charge in [0.1, 0.15) is 18.1 Å². The van der Waals surface area contributed by atoms with Crippen LogP contribution in [-0.4, -0.2) is 17.6 Å². The molecule has 0 radical (unpaired) electrons. The van der Waals surface area contributed by atoms with E-state index in [-0.39, 0.29) is 5.91 Å². The third-order valence-corrected chi connectivity index (χ3v) is 5.17.